The molecule has 8 heteroatoms. The van der Waals surface area contributed by atoms with Gasteiger partial charge < -0.3 is 5.32 Å². The maximum Gasteiger partial charge on any atom is 0.261 e. The Hall–Kier alpha value is -1.22. The van der Waals surface area contributed by atoms with Crippen LogP contribution in [0.5, 0.6) is 0 Å². The van der Waals surface area contributed by atoms with Crippen LogP contribution in [0, 0.1) is 0 Å². The number of carbonyl (C=O) groups is 1. The Morgan fingerprint density at radius 2 is 2.00 bits per heavy atom. The monoisotopic (exact) mass is 356 g/mol. The van der Waals surface area contributed by atoms with Gasteiger partial charge in [-0.05, 0) is 36.4 Å². The van der Waals surface area contributed by atoms with Gasteiger partial charge in [0.2, 0.25) is 0 Å². The lowest BCUT2D eigenvalue weighted by molar-refractivity contribution is 0.0955. The molecule has 0 spiro atoms. The largest absolute Gasteiger partial charge is 0.346 e. The molecule has 0 bridgehead atoms. The maximum absolute atomic E-state index is 12.4. The molecule has 1 aliphatic heterocycles. The lowest BCUT2D eigenvalue weighted by Gasteiger charge is -2.13. The van der Waals surface area contributed by atoms with E-state index < -0.39 is 10.0 Å². The van der Waals surface area contributed by atoms with E-state index in [-0.39, 0.29) is 5.91 Å². The molecule has 3 rings (SSSR count). The number of thiophene rings is 2. The number of nitrogens with zero attached hydrogens (tertiary/aromatic N) is 1. The van der Waals surface area contributed by atoms with Crippen LogP contribution in [0.3, 0.4) is 0 Å². The van der Waals surface area contributed by atoms with Crippen LogP contribution in [0.15, 0.2) is 33.9 Å². The predicted molar refractivity (Wildman–Crippen MR) is 87.8 cm³/mol. The van der Waals surface area contributed by atoms with Gasteiger partial charge in [0.25, 0.3) is 15.9 Å². The molecule has 0 unspecified atom stereocenters. The number of carbonyl (C=O) groups excluding carboxylic acids is 1. The second-order valence-corrected chi connectivity index (χ2v) is 9.27. The Labute approximate surface area is 137 Å². The van der Waals surface area contributed by atoms with Crippen molar-refractivity contribution in [3.05, 3.63) is 39.4 Å². The van der Waals surface area contributed by atoms with Crippen LogP contribution in [0.1, 0.15) is 27.4 Å². The first-order chi connectivity index (χ1) is 10.6. The first kappa shape index (κ1) is 15.7. The van der Waals surface area contributed by atoms with E-state index in [1.807, 2.05) is 11.4 Å². The van der Waals surface area contributed by atoms with Gasteiger partial charge in [-0.15, -0.1) is 22.7 Å². The average Bonchev–Trinajstić information content (AvgIpc) is 3.27. The third kappa shape index (κ3) is 3.24. The van der Waals surface area contributed by atoms with Crippen LogP contribution in [0.25, 0.3) is 0 Å². The van der Waals surface area contributed by atoms with Gasteiger partial charge in [-0.1, -0.05) is 6.07 Å². The fourth-order valence-corrected chi connectivity index (χ4v) is 5.92. The Morgan fingerprint density at radius 1 is 1.23 bits per heavy atom. The van der Waals surface area contributed by atoms with Gasteiger partial charge in [0.1, 0.15) is 4.21 Å². The fraction of sp³-hybridized carbons (Fsp3) is 0.357. The molecule has 1 N–H and O–H groups in total. The van der Waals surface area contributed by atoms with Gasteiger partial charge in [0, 0.05) is 18.0 Å². The second-order valence-electron chi connectivity index (χ2n) is 4.99. The molecule has 1 aliphatic rings. The van der Waals surface area contributed by atoms with E-state index in [1.54, 1.807) is 18.2 Å². The smallest absolute Gasteiger partial charge is 0.261 e. The normalized spacial score (nSPS) is 16.0. The molecular weight excluding hydrogens is 340 g/mol. The molecular formula is C14H16N2O3S3. The summed E-state index contributed by atoms with van der Waals surface area (Å²) < 4.78 is 26.7. The molecule has 0 atom stereocenters. The summed E-state index contributed by atoms with van der Waals surface area (Å²) in [6.45, 7) is 1.55. The number of nitrogens with one attached hydrogen (secondary N) is 1. The van der Waals surface area contributed by atoms with E-state index in [0.29, 0.717) is 28.7 Å². The lowest BCUT2D eigenvalue weighted by atomic mass is 10.4. The standard InChI is InChI=1S/C14H16N2O3S3/c17-14(12-4-3-9-20-12)15-10-11-5-6-13(21-11)22(18,19)16-7-1-2-8-16/h3-6,9H,1-2,7-8,10H2,(H,15,17). The van der Waals surface area contributed by atoms with Crippen molar-refractivity contribution in [2.24, 2.45) is 0 Å². The zero-order valence-electron chi connectivity index (χ0n) is 11.8. The van der Waals surface area contributed by atoms with Crippen molar-refractivity contribution in [2.75, 3.05) is 13.1 Å². The van der Waals surface area contributed by atoms with Gasteiger partial charge in [-0.25, -0.2) is 8.42 Å². The first-order valence-electron chi connectivity index (χ1n) is 6.98. The molecule has 3 heterocycles. The van der Waals surface area contributed by atoms with Crippen molar-refractivity contribution in [2.45, 2.75) is 23.6 Å². The zero-order chi connectivity index (χ0) is 15.6. The molecule has 2 aromatic heterocycles. The molecule has 118 valence electrons. The summed E-state index contributed by atoms with van der Waals surface area (Å²) >= 11 is 2.61. The van der Waals surface area contributed by atoms with Crippen molar-refractivity contribution >= 4 is 38.6 Å². The van der Waals surface area contributed by atoms with Crippen molar-refractivity contribution in [1.29, 1.82) is 0 Å². The number of sulfonamides is 1. The van der Waals surface area contributed by atoms with Gasteiger partial charge in [-0.2, -0.15) is 4.31 Å². The molecule has 22 heavy (non-hydrogen) atoms. The third-order valence-corrected chi connectivity index (χ3v) is 7.78. The molecule has 0 saturated carbocycles. The molecule has 2 aromatic rings. The summed E-state index contributed by atoms with van der Waals surface area (Å²) in [4.78, 5) is 13.4. The van der Waals surface area contributed by atoms with E-state index in [0.717, 1.165) is 17.7 Å². The highest BCUT2D eigenvalue weighted by Crippen LogP contribution is 2.27. The van der Waals surface area contributed by atoms with E-state index in [2.05, 4.69) is 5.32 Å². The summed E-state index contributed by atoms with van der Waals surface area (Å²) in [5.74, 6) is -0.132. The number of hydrogen-bond acceptors (Lipinski definition) is 5. The van der Waals surface area contributed by atoms with Gasteiger partial charge in [-0.3, -0.25) is 4.79 Å². The maximum atomic E-state index is 12.4. The summed E-state index contributed by atoms with van der Waals surface area (Å²) in [6, 6.07) is 6.98. The molecule has 0 radical (unpaired) electrons. The minimum atomic E-state index is -3.36. The van der Waals surface area contributed by atoms with Crippen LogP contribution in [-0.4, -0.2) is 31.7 Å². The number of hydrogen-bond donors (Lipinski definition) is 1. The van der Waals surface area contributed by atoms with Gasteiger partial charge in [0.05, 0.1) is 11.4 Å². The quantitative estimate of drug-likeness (QED) is 0.895. The van der Waals surface area contributed by atoms with E-state index in [9.17, 15) is 13.2 Å². The Morgan fingerprint density at radius 3 is 2.68 bits per heavy atom. The van der Waals surface area contributed by atoms with Crippen LogP contribution < -0.4 is 5.32 Å². The van der Waals surface area contributed by atoms with Crippen molar-refractivity contribution in [3.8, 4) is 0 Å². The predicted octanol–water partition coefficient (Wildman–Crippen LogP) is 2.52. The lowest BCUT2D eigenvalue weighted by Crippen LogP contribution is -2.27. The van der Waals surface area contributed by atoms with Crippen LogP contribution in [-0.2, 0) is 16.6 Å². The summed E-state index contributed by atoms with van der Waals surface area (Å²) in [5.41, 5.74) is 0. The molecule has 5 nitrogen and oxygen atoms in total. The molecule has 0 aromatic carbocycles. The third-order valence-electron chi connectivity index (χ3n) is 3.46. The molecule has 1 amide bonds. The molecule has 1 fully saturated rings. The summed E-state index contributed by atoms with van der Waals surface area (Å²) in [5, 5.41) is 4.66. The Balaban J connectivity index is 1.65. The van der Waals surface area contributed by atoms with E-state index in [1.165, 1.54) is 27.0 Å². The summed E-state index contributed by atoms with van der Waals surface area (Å²) in [7, 11) is -3.36. The van der Waals surface area contributed by atoms with Crippen molar-refractivity contribution < 1.29 is 13.2 Å². The molecule has 1 saturated heterocycles. The van der Waals surface area contributed by atoms with E-state index in [4.69, 9.17) is 0 Å². The second kappa shape index (κ2) is 6.49. The van der Waals surface area contributed by atoms with Gasteiger partial charge in [0.15, 0.2) is 0 Å². The molecule has 0 aliphatic carbocycles. The van der Waals surface area contributed by atoms with Crippen LogP contribution in [0.2, 0.25) is 0 Å². The SMILES string of the molecule is O=C(NCc1ccc(S(=O)(=O)N2CCCC2)s1)c1cccs1. The highest BCUT2D eigenvalue weighted by atomic mass is 32.2. The van der Waals surface area contributed by atoms with Crippen molar-refractivity contribution in [3.63, 3.8) is 0 Å². The fourth-order valence-electron chi connectivity index (χ4n) is 2.31. The summed E-state index contributed by atoms with van der Waals surface area (Å²) in [6.07, 6.45) is 1.85. The first-order valence-corrected chi connectivity index (χ1v) is 10.1. The average molecular weight is 356 g/mol. The van der Waals surface area contributed by atoms with Crippen LogP contribution in [0.4, 0.5) is 0 Å². The number of amides is 1. The Kier molecular flexibility index (Phi) is 4.62. The highest BCUT2D eigenvalue weighted by molar-refractivity contribution is 7.91. The zero-order valence-corrected chi connectivity index (χ0v) is 14.3. The van der Waals surface area contributed by atoms with Gasteiger partial charge >= 0.3 is 0 Å². The minimum Gasteiger partial charge on any atom is -0.346 e. The highest BCUT2D eigenvalue weighted by Gasteiger charge is 2.28. The Bertz CT molecular complexity index is 744. The van der Waals surface area contributed by atoms with Crippen molar-refractivity contribution in [1.82, 2.24) is 9.62 Å². The van der Waals surface area contributed by atoms with Crippen LogP contribution >= 0.6 is 22.7 Å². The van der Waals surface area contributed by atoms with E-state index >= 15 is 0 Å². The number of rotatable bonds is 5. The topological polar surface area (TPSA) is 66.5 Å². The minimum absolute atomic E-state index is 0.132.